The number of ether oxygens (including phenoxy) is 1. The topological polar surface area (TPSA) is 42.4 Å². The highest BCUT2D eigenvalue weighted by molar-refractivity contribution is 9.10. The lowest BCUT2D eigenvalue weighted by molar-refractivity contribution is 0.0594. The number of pyridine rings is 1. The van der Waals surface area contributed by atoms with E-state index in [0.717, 1.165) is 18.8 Å². The molecule has 0 spiro atoms. The quantitative estimate of drug-likeness (QED) is 0.617. The first-order valence-electron chi connectivity index (χ1n) is 5.22. The molecule has 0 N–H and O–H groups in total. The van der Waals surface area contributed by atoms with Crippen LogP contribution in [0.15, 0.2) is 16.7 Å². The molecule has 1 aliphatic heterocycles. The number of hydrogen-bond acceptors (Lipinski definition) is 4. The molecule has 1 saturated heterocycles. The van der Waals surface area contributed by atoms with Gasteiger partial charge >= 0.3 is 5.97 Å². The molecule has 1 aromatic heterocycles. The van der Waals surface area contributed by atoms with Crippen molar-refractivity contribution in [2.24, 2.45) is 0 Å². The largest absolute Gasteiger partial charge is 0.464 e. The van der Waals surface area contributed by atoms with Crippen LogP contribution in [0.5, 0.6) is 0 Å². The van der Waals surface area contributed by atoms with Gasteiger partial charge in [0.25, 0.3) is 0 Å². The van der Waals surface area contributed by atoms with Crippen molar-refractivity contribution in [3.8, 4) is 0 Å². The van der Waals surface area contributed by atoms with E-state index < -0.39 is 5.97 Å². The van der Waals surface area contributed by atoms with Gasteiger partial charge in [0.2, 0.25) is 0 Å². The Morgan fingerprint density at radius 1 is 1.44 bits per heavy atom. The predicted octanol–water partition coefficient (Wildman–Crippen LogP) is 2.23. The maximum Gasteiger partial charge on any atom is 0.356 e. The van der Waals surface area contributed by atoms with Crippen molar-refractivity contribution >= 4 is 27.6 Å². The monoisotopic (exact) mass is 284 g/mol. The van der Waals surface area contributed by atoms with Crippen LogP contribution in [0.2, 0.25) is 0 Å². The summed E-state index contributed by atoms with van der Waals surface area (Å²) in [5, 5.41) is 0. The maximum absolute atomic E-state index is 11.3. The number of anilines is 1. The highest BCUT2D eigenvalue weighted by atomic mass is 79.9. The molecule has 0 bridgehead atoms. The van der Waals surface area contributed by atoms with Crippen molar-refractivity contribution in [2.75, 3.05) is 25.1 Å². The summed E-state index contributed by atoms with van der Waals surface area (Å²) < 4.78 is 5.33. The van der Waals surface area contributed by atoms with Crippen molar-refractivity contribution in [1.82, 2.24) is 4.98 Å². The molecule has 5 heteroatoms. The second-order valence-electron chi connectivity index (χ2n) is 3.69. The average Bonchev–Trinajstić information content (AvgIpc) is 2.81. The van der Waals surface area contributed by atoms with Crippen LogP contribution in [-0.4, -0.2) is 31.2 Å². The van der Waals surface area contributed by atoms with Crippen molar-refractivity contribution < 1.29 is 9.53 Å². The molecule has 0 aliphatic carbocycles. The SMILES string of the molecule is COC(=O)c1ccc(N2CCCC2)c(Br)n1. The molecule has 0 aromatic carbocycles. The molecule has 0 saturated carbocycles. The minimum absolute atomic E-state index is 0.331. The lowest BCUT2D eigenvalue weighted by Crippen LogP contribution is -2.19. The first-order valence-corrected chi connectivity index (χ1v) is 6.01. The number of rotatable bonds is 2. The number of aromatic nitrogens is 1. The molecule has 1 fully saturated rings. The molecule has 0 radical (unpaired) electrons. The summed E-state index contributed by atoms with van der Waals surface area (Å²) in [6, 6.07) is 3.61. The molecule has 1 aliphatic rings. The summed E-state index contributed by atoms with van der Waals surface area (Å²) >= 11 is 3.39. The van der Waals surface area contributed by atoms with Gasteiger partial charge in [-0.25, -0.2) is 9.78 Å². The van der Waals surface area contributed by atoms with Gasteiger partial charge in [-0.1, -0.05) is 0 Å². The molecular weight excluding hydrogens is 272 g/mol. The molecule has 16 heavy (non-hydrogen) atoms. The Morgan fingerprint density at radius 3 is 2.69 bits per heavy atom. The van der Waals surface area contributed by atoms with E-state index in [0.29, 0.717) is 10.3 Å². The van der Waals surface area contributed by atoms with Gasteiger partial charge < -0.3 is 9.64 Å². The van der Waals surface area contributed by atoms with E-state index in [1.54, 1.807) is 6.07 Å². The second kappa shape index (κ2) is 4.82. The normalized spacial score (nSPS) is 15.2. The van der Waals surface area contributed by atoms with Gasteiger partial charge in [-0.2, -0.15) is 0 Å². The zero-order chi connectivity index (χ0) is 11.5. The fourth-order valence-electron chi connectivity index (χ4n) is 1.84. The van der Waals surface area contributed by atoms with Crippen LogP contribution in [0.4, 0.5) is 5.69 Å². The van der Waals surface area contributed by atoms with Crippen LogP contribution in [0, 0.1) is 0 Å². The summed E-state index contributed by atoms with van der Waals surface area (Å²) in [4.78, 5) is 17.7. The summed E-state index contributed by atoms with van der Waals surface area (Å²) in [7, 11) is 1.35. The van der Waals surface area contributed by atoms with E-state index in [-0.39, 0.29) is 0 Å². The number of methoxy groups -OCH3 is 1. The first-order chi connectivity index (χ1) is 7.72. The first kappa shape index (κ1) is 11.4. The second-order valence-corrected chi connectivity index (χ2v) is 4.44. The van der Waals surface area contributed by atoms with Gasteiger partial charge in [0.05, 0.1) is 12.8 Å². The Bertz CT molecular complexity index is 403. The highest BCUT2D eigenvalue weighted by Crippen LogP contribution is 2.27. The molecule has 2 heterocycles. The summed E-state index contributed by atoms with van der Waals surface area (Å²) in [5.41, 5.74) is 1.38. The number of esters is 1. The van der Waals surface area contributed by atoms with Gasteiger partial charge in [-0.15, -0.1) is 0 Å². The third kappa shape index (κ3) is 2.19. The van der Waals surface area contributed by atoms with Crippen LogP contribution >= 0.6 is 15.9 Å². The summed E-state index contributed by atoms with van der Waals surface area (Å²) in [6.07, 6.45) is 2.43. The van der Waals surface area contributed by atoms with E-state index in [4.69, 9.17) is 0 Å². The Morgan fingerprint density at radius 2 is 2.12 bits per heavy atom. The van der Waals surface area contributed by atoms with Crippen LogP contribution in [-0.2, 0) is 4.74 Å². The van der Waals surface area contributed by atoms with Gasteiger partial charge in [0.1, 0.15) is 10.3 Å². The van der Waals surface area contributed by atoms with Crippen molar-refractivity contribution in [3.05, 3.63) is 22.4 Å². The summed E-state index contributed by atoms with van der Waals surface area (Å²) in [5.74, 6) is -0.409. The Balaban J connectivity index is 2.25. The number of carbonyl (C=O) groups excluding carboxylic acids is 1. The van der Waals surface area contributed by atoms with Crippen LogP contribution < -0.4 is 4.90 Å². The van der Waals surface area contributed by atoms with Crippen molar-refractivity contribution in [1.29, 1.82) is 0 Å². The number of hydrogen-bond donors (Lipinski definition) is 0. The maximum atomic E-state index is 11.3. The van der Waals surface area contributed by atoms with E-state index >= 15 is 0 Å². The number of halogens is 1. The molecular formula is C11H13BrN2O2. The minimum atomic E-state index is -0.409. The van der Waals surface area contributed by atoms with Crippen molar-refractivity contribution in [2.45, 2.75) is 12.8 Å². The van der Waals surface area contributed by atoms with Gasteiger partial charge in [0.15, 0.2) is 0 Å². The lowest BCUT2D eigenvalue weighted by atomic mass is 10.3. The van der Waals surface area contributed by atoms with Crippen LogP contribution in [0.1, 0.15) is 23.3 Å². The van der Waals surface area contributed by atoms with E-state index in [1.165, 1.54) is 20.0 Å². The third-order valence-corrected chi connectivity index (χ3v) is 3.25. The fourth-order valence-corrected chi connectivity index (χ4v) is 2.41. The average molecular weight is 285 g/mol. The van der Waals surface area contributed by atoms with Crippen molar-refractivity contribution in [3.63, 3.8) is 0 Å². The van der Waals surface area contributed by atoms with E-state index in [2.05, 4.69) is 30.6 Å². The van der Waals surface area contributed by atoms with Gasteiger partial charge in [-0.05, 0) is 40.9 Å². The van der Waals surface area contributed by atoms with Gasteiger partial charge in [-0.3, -0.25) is 0 Å². The number of nitrogens with zero attached hydrogens (tertiary/aromatic N) is 2. The Hall–Kier alpha value is -1.10. The molecule has 1 aromatic rings. The highest BCUT2D eigenvalue weighted by Gasteiger charge is 2.17. The Kier molecular flexibility index (Phi) is 3.43. The van der Waals surface area contributed by atoms with E-state index in [1.807, 2.05) is 6.07 Å². The zero-order valence-electron chi connectivity index (χ0n) is 9.07. The fraction of sp³-hybridized carbons (Fsp3) is 0.455. The summed E-state index contributed by atoms with van der Waals surface area (Å²) in [6.45, 7) is 2.11. The van der Waals surface area contributed by atoms with E-state index in [9.17, 15) is 4.79 Å². The molecule has 0 amide bonds. The van der Waals surface area contributed by atoms with Crippen LogP contribution in [0.3, 0.4) is 0 Å². The molecule has 2 rings (SSSR count). The Labute approximate surface area is 103 Å². The zero-order valence-corrected chi connectivity index (χ0v) is 10.7. The lowest BCUT2D eigenvalue weighted by Gasteiger charge is -2.18. The predicted molar refractivity (Wildman–Crippen MR) is 64.7 cm³/mol. The molecule has 0 atom stereocenters. The number of carbonyl (C=O) groups is 1. The van der Waals surface area contributed by atoms with Gasteiger partial charge in [0, 0.05) is 13.1 Å². The molecule has 0 unspecified atom stereocenters. The minimum Gasteiger partial charge on any atom is -0.464 e. The standard InChI is InChI=1S/C11H13BrN2O2/c1-16-11(15)8-4-5-9(10(12)13-8)14-6-2-3-7-14/h4-5H,2-3,6-7H2,1H3. The smallest absolute Gasteiger partial charge is 0.356 e. The molecule has 4 nitrogen and oxygen atoms in total. The molecule has 86 valence electrons. The van der Waals surface area contributed by atoms with Crippen LogP contribution in [0.25, 0.3) is 0 Å². The third-order valence-electron chi connectivity index (χ3n) is 2.67.